The van der Waals surface area contributed by atoms with Gasteiger partial charge in [-0.15, -0.1) is 0 Å². The highest BCUT2D eigenvalue weighted by Gasteiger charge is 2.24. The first kappa shape index (κ1) is 13.7. The molecule has 1 N–H and O–H groups in total. The predicted molar refractivity (Wildman–Crippen MR) is 76.7 cm³/mol. The number of nitrogens with zero attached hydrogens (tertiary/aromatic N) is 1. The lowest BCUT2D eigenvalue weighted by Gasteiger charge is -2.20. The van der Waals surface area contributed by atoms with Crippen LogP contribution in [-0.2, 0) is 6.54 Å². The Balaban J connectivity index is 2.02. The lowest BCUT2D eigenvalue weighted by atomic mass is 10.00. The summed E-state index contributed by atoms with van der Waals surface area (Å²) in [4.78, 5) is 12.3. The molecule has 100 valence electrons. The van der Waals surface area contributed by atoms with E-state index in [1.165, 1.54) is 25.7 Å². The Morgan fingerprint density at radius 2 is 2.22 bits per heavy atom. The first-order valence-corrected chi connectivity index (χ1v) is 7.57. The first-order chi connectivity index (χ1) is 8.61. The van der Waals surface area contributed by atoms with Crippen LogP contribution in [0.1, 0.15) is 50.0 Å². The van der Waals surface area contributed by atoms with Crippen LogP contribution in [0.4, 0.5) is 0 Å². The zero-order valence-electron chi connectivity index (χ0n) is 11.1. The minimum absolute atomic E-state index is 0.0435. The molecule has 1 aromatic heterocycles. The highest BCUT2D eigenvalue weighted by atomic mass is 79.9. The Kier molecular flexibility index (Phi) is 4.49. The third-order valence-corrected chi connectivity index (χ3v) is 4.34. The molecule has 1 atom stereocenters. The number of aromatic nitrogens is 1. The third kappa shape index (κ3) is 2.97. The van der Waals surface area contributed by atoms with Gasteiger partial charge in [-0.3, -0.25) is 4.79 Å². The summed E-state index contributed by atoms with van der Waals surface area (Å²) in [7, 11) is 0. The van der Waals surface area contributed by atoms with Crippen molar-refractivity contribution in [1.29, 1.82) is 0 Å². The first-order valence-electron chi connectivity index (χ1n) is 6.78. The van der Waals surface area contributed by atoms with Crippen LogP contribution in [0.15, 0.2) is 16.7 Å². The standard InChI is InChI=1S/C14H21BrN2O/c1-3-17-9-12(15)8-13(17)14(18)16-10(2)11-6-4-5-7-11/h8-11H,3-7H2,1-2H3,(H,16,18). The van der Waals surface area contributed by atoms with Crippen LogP contribution in [0, 0.1) is 5.92 Å². The van der Waals surface area contributed by atoms with Crippen molar-refractivity contribution in [1.82, 2.24) is 9.88 Å². The SMILES string of the molecule is CCn1cc(Br)cc1C(=O)NC(C)C1CCCC1. The summed E-state index contributed by atoms with van der Waals surface area (Å²) in [5, 5.41) is 3.15. The summed E-state index contributed by atoms with van der Waals surface area (Å²) >= 11 is 3.42. The Morgan fingerprint density at radius 3 is 2.83 bits per heavy atom. The molecular weight excluding hydrogens is 292 g/mol. The molecule has 1 aliphatic carbocycles. The van der Waals surface area contributed by atoms with Crippen molar-refractivity contribution in [2.24, 2.45) is 5.92 Å². The summed E-state index contributed by atoms with van der Waals surface area (Å²) in [6.45, 7) is 4.98. The van der Waals surface area contributed by atoms with Crippen LogP contribution in [0.2, 0.25) is 0 Å². The van der Waals surface area contributed by atoms with Crippen molar-refractivity contribution in [2.75, 3.05) is 0 Å². The summed E-state index contributed by atoms with van der Waals surface area (Å²) < 4.78 is 2.93. The molecule has 0 spiro atoms. The van der Waals surface area contributed by atoms with Crippen molar-refractivity contribution in [3.8, 4) is 0 Å². The van der Waals surface area contributed by atoms with Gasteiger partial charge in [-0.2, -0.15) is 0 Å². The van der Waals surface area contributed by atoms with E-state index >= 15 is 0 Å². The van der Waals surface area contributed by atoms with E-state index in [2.05, 4.69) is 28.2 Å². The van der Waals surface area contributed by atoms with Gasteiger partial charge in [0.25, 0.3) is 5.91 Å². The number of amides is 1. The van der Waals surface area contributed by atoms with E-state index < -0.39 is 0 Å². The maximum atomic E-state index is 12.3. The number of nitrogens with one attached hydrogen (secondary N) is 1. The van der Waals surface area contributed by atoms with E-state index in [9.17, 15) is 4.79 Å². The molecule has 0 radical (unpaired) electrons. The van der Waals surface area contributed by atoms with Crippen molar-refractivity contribution < 1.29 is 4.79 Å². The molecule has 4 heteroatoms. The van der Waals surface area contributed by atoms with Crippen molar-refractivity contribution in [3.05, 3.63) is 22.4 Å². The van der Waals surface area contributed by atoms with Gasteiger partial charge in [0.1, 0.15) is 5.69 Å². The average Bonchev–Trinajstić information content (AvgIpc) is 2.96. The Morgan fingerprint density at radius 1 is 1.56 bits per heavy atom. The van der Waals surface area contributed by atoms with Gasteiger partial charge in [0.2, 0.25) is 0 Å². The molecule has 1 fully saturated rings. The smallest absolute Gasteiger partial charge is 0.268 e. The Hall–Kier alpha value is -0.770. The van der Waals surface area contributed by atoms with Crippen molar-refractivity contribution >= 4 is 21.8 Å². The quantitative estimate of drug-likeness (QED) is 0.906. The number of carbonyl (C=O) groups excluding carboxylic acids is 1. The summed E-state index contributed by atoms with van der Waals surface area (Å²) in [6, 6.07) is 2.17. The fraction of sp³-hybridized carbons (Fsp3) is 0.643. The number of rotatable bonds is 4. The second-order valence-electron chi connectivity index (χ2n) is 5.14. The lowest BCUT2D eigenvalue weighted by Crippen LogP contribution is -2.38. The van der Waals surface area contributed by atoms with Gasteiger partial charge < -0.3 is 9.88 Å². The second kappa shape index (κ2) is 5.91. The molecule has 1 aromatic rings. The molecule has 2 rings (SSSR count). The Bertz CT molecular complexity index is 421. The van der Waals surface area contributed by atoms with Gasteiger partial charge in [-0.1, -0.05) is 12.8 Å². The normalized spacial score (nSPS) is 17.9. The monoisotopic (exact) mass is 312 g/mol. The molecule has 1 saturated carbocycles. The lowest BCUT2D eigenvalue weighted by molar-refractivity contribution is 0.0918. The van der Waals surface area contributed by atoms with E-state index in [0.717, 1.165) is 16.7 Å². The van der Waals surface area contributed by atoms with E-state index in [1.807, 2.05) is 23.8 Å². The fourth-order valence-electron chi connectivity index (χ4n) is 2.78. The molecule has 0 bridgehead atoms. The molecule has 0 aliphatic heterocycles. The van der Waals surface area contributed by atoms with Gasteiger partial charge >= 0.3 is 0 Å². The van der Waals surface area contributed by atoms with Gasteiger partial charge in [0, 0.05) is 23.3 Å². The van der Waals surface area contributed by atoms with E-state index in [-0.39, 0.29) is 11.9 Å². The zero-order valence-corrected chi connectivity index (χ0v) is 12.7. The molecule has 0 aromatic carbocycles. The zero-order chi connectivity index (χ0) is 13.1. The predicted octanol–water partition coefficient (Wildman–Crippen LogP) is 3.58. The number of aryl methyl sites for hydroxylation is 1. The van der Waals surface area contributed by atoms with Gasteiger partial charge in [0.15, 0.2) is 0 Å². The van der Waals surface area contributed by atoms with Crippen LogP contribution in [-0.4, -0.2) is 16.5 Å². The van der Waals surface area contributed by atoms with Crippen LogP contribution in [0.5, 0.6) is 0 Å². The molecule has 0 saturated heterocycles. The minimum Gasteiger partial charge on any atom is -0.348 e. The summed E-state index contributed by atoms with van der Waals surface area (Å²) in [5.74, 6) is 0.698. The van der Waals surface area contributed by atoms with E-state index in [1.54, 1.807) is 0 Å². The fourth-order valence-corrected chi connectivity index (χ4v) is 3.25. The van der Waals surface area contributed by atoms with Crippen LogP contribution in [0.25, 0.3) is 0 Å². The molecule has 18 heavy (non-hydrogen) atoms. The van der Waals surface area contributed by atoms with Crippen molar-refractivity contribution in [2.45, 2.75) is 52.1 Å². The average molecular weight is 313 g/mol. The third-order valence-electron chi connectivity index (χ3n) is 3.90. The molecule has 1 heterocycles. The van der Waals surface area contributed by atoms with Crippen LogP contribution >= 0.6 is 15.9 Å². The van der Waals surface area contributed by atoms with Gasteiger partial charge in [0.05, 0.1) is 0 Å². The highest BCUT2D eigenvalue weighted by Crippen LogP contribution is 2.27. The molecular formula is C14H21BrN2O. The minimum atomic E-state index is 0.0435. The maximum Gasteiger partial charge on any atom is 0.268 e. The second-order valence-corrected chi connectivity index (χ2v) is 6.05. The molecule has 1 aliphatic rings. The molecule has 3 nitrogen and oxygen atoms in total. The van der Waals surface area contributed by atoms with Crippen molar-refractivity contribution in [3.63, 3.8) is 0 Å². The van der Waals surface area contributed by atoms with E-state index in [0.29, 0.717) is 5.92 Å². The number of halogens is 1. The highest BCUT2D eigenvalue weighted by molar-refractivity contribution is 9.10. The van der Waals surface area contributed by atoms with Crippen LogP contribution in [0.3, 0.4) is 0 Å². The van der Waals surface area contributed by atoms with Gasteiger partial charge in [-0.05, 0) is 54.6 Å². The van der Waals surface area contributed by atoms with E-state index in [4.69, 9.17) is 0 Å². The number of carbonyl (C=O) groups is 1. The number of hydrogen-bond donors (Lipinski definition) is 1. The molecule has 1 amide bonds. The summed E-state index contributed by atoms with van der Waals surface area (Å²) in [6.07, 6.45) is 7.07. The topological polar surface area (TPSA) is 34.0 Å². The maximum absolute atomic E-state index is 12.3. The van der Waals surface area contributed by atoms with Crippen LogP contribution < -0.4 is 5.32 Å². The summed E-state index contributed by atoms with van der Waals surface area (Å²) in [5.41, 5.74) is 0.745. The Labute approximate surface area is 117 Å². The molecule has 1 unspecified atom stereocenters. The largest absolute Gasteiger partial charge is 0.348 e. The van der Waals surface area contributed by atoms with Gasteiger partial charge in [-0.25, -0.2) is 0 Å². The number of hydrogen-bond acceptors (Lipinski definition) is 1.